The fraction of sp³-hybridized carbons (Fsp3) is 0.357. The number of nitrogens with one attached hydrogen (secondary N) is 2. The van der Waals surface area contributed by atoms with Gasteiger partial charge in [-0.15, -0.1) is 11.3 Å². The Balaban J connectivity index is 1.92. The van der Waals surface area contributed by atoms with Gasteiger partial charge in [0.2, 0.25) is 0 Å². The van der Waals surface area contributed by atoms with Gasteiger partial charge in [-0.25, -0.2) is 22.2 Å². The Labute approximate surface area is 142 Å². The summed E-state index contributed by atoms with van der Waals surface area (Å²) in [4.78, 5) is 4.66. The van der Waals surface area contributed by atoms with Gasteiger partial charge in [0.05, 0.1) is 11.2 Å². The average Bonchev–Trinajstić information content (AvgIpc) is 3.21. The van der Waals surface area contributed by atoms with E-state index < -0.39 is 26.6 Å². The van der Waals surface area contributed by atoms with E-state index in [1.165, 1.54) is 22.2 Å². The molecular weight excluding hydrogens is 358 g/mol. The first-order chi connectivity index (χ1) is 11.4. The molecule has 0 aliphatic carbocycles. The first-order valence-corrected chi connectivity index (χ1v) is 9.64. The molecule has 1 fully saturated rings. The molecule has 1 unspecified atom stereocenters. The van der Waals surface area contributed by atoms with Gasteiger partial charge in [-0.1, -0.05) is 0 Å². The fourth-order valence-corrected chi connectivity index (χ4v) is 4.25. The largest absolute Gasteiger partial charge is 0.368 e. The second-order valence-corrected chi connectivity index (χ2v) is 7.84. The molecule has 130 valence electrons. The molecule has 1 aromatic carbocycles. The van der Waals surface area contributed by atoms with Crippen LogP contribution in [0.1, 0.15) is 6.42 Å². The van der Waals surface area contributed by atoms with E-state index in [1.807, 2.05) is 0 Å². The van der Waals surface area contributed by atoms with Crippen LogP contribution in [0, 0.1) is 11.6 Å². The molecule has 2 aromatic rings. The van der Waals surface area contributed by atoms with Crippen molar-refractivity contribution in [3.8, 4) is 0 Å². The fourth-order valence-electron chi connectivity index (χ4n) is 2.62. The number of hydrogen-bond acceptors (Lipinski definition) is 6. The molecule has 2 heterocycles. The molecule has 3 rings (SSSR count). The molecule has 0 radical (unpaired) electrons. The number of nitrogens with zero attached hydrogens (tertiary/aromatic N) is 2. The van der Waals surface area contributed by atoms with Crippen LogP contribution in [0.3, 0.4) is 0 Å². The highest BCUT2D eigenvalue weighted by Crippen LogP contribution is 2.28. The molecule has 6 nitrogen and oxygen atoms in total. The summed E-state index contributed by atoms with van der Waals surface area (Å²) in [5, 5.41) is 4.61. The summed E-state index contributed by atoms with van der Waals surface area (Å²) in [5.41, 5.74) is 1.47. The molecule has 0 spiro atoms. The van der Waals surface area contributed by atoms with Gasteiger partial charge in [-0.2, -0.15) is 0 Å². The van der Waals surface area contributed by atoms with Crippen molar-refractivity contribution in [1.29, 1.82) is 0 Å². The van der Waals surface area contributed by atoms with E-state index >= 15 is 0 Å². The molecule has 0 amide bonds. The minimum atomic E-state index is -4.25. The third-order valence-corrected chi connectivity index (χ3v) is 5.88. The Kier molecular flexibility index (Phi) is 4.70. The number of anilines is 2. The maximum atomic E-state index is 14.4. The lowest BCUT2D eigenvalue weighted by Gasteiger charge is -2.26. The van der Waals surface area contributed by atoms with Crippen LogP contribution in [0.15, 0.2) is 27.9 Å². The van der Waals surface area contributed by atoms with E-state index in [-0.39, 0.29) is 17.5 Å². The lowest BCUT2D eigenvalue weighted by molar-refractivity contribution is 0.550. The van der Waals surface area contributed by atoms with Gasteiger partial charge in [0.25, 0.3) is 10.0 Å². The summed E-state index contributed by atoms with van der Waals surface area (Å²) in [5.74, 6) is -1.73. The number of benzene rings is 1. The summed E-state index contributed by atoms with van der Waals surface area (Å²) in [7, 11) is -2.59. The second kappa shape index (κ2) is 6.61. The first kappa shape index (κ1) is 17.1. The summed E-state index contributed by atoms with van der Waals surface area (Å²) < 4.78 is 55.4. The molecule has 0 saturated carbocycles. The van der Waals surface area contributed by atoms with Crippen molar-refractivity contribution in [3.63, 3.8) is 0 Å². The number of hydrogen-bond donors (Lipinski definition) is 2. The first-order valence-electron chi connectivity index (χ1n) is 7.22. The van der Waals surface area contributed by atoms with Gasteiger partial charge in [0.15, 0.2) is 5.82 Å². The van der Waals surface area contributed by atoms with Crippen LogP contribution in [-0.2, 0) is 10.0 Å². The van der Waals surface area contributed by atoms with Crippen LogP contribution in [0.4, 0.5) is 20.3 Å². The molecule has 1 saturated heterocycles. The SMILES string of the molecule is CN(c1cc(F)c(S(=O)(=O)Nc2cscn2)cc1F)C1CCNC1. The quantitative estimate of drug-likeness (QED) is 0.838. The molecule has 1 aliphatic heterocycles. The Morgan fingerprint density at radius 1 is 1.38 bits per heavy atom. The molecule has 10 heteroatoms. The Hall–Kier alpha value is -1.78. The van der Waals surface area contributed by atoms with E-state index in [1.54, 1.807) is 11.9 Å². The third kappa shape index (κ3) is 3.35. The lowest BCUT2D eigenvalue weighted by atomic mass is 10.2. The normalized spacial score (nSPS) is 17.9. The third-order valence-electron chi connectivity index (χ3n) is 3.92. The van der Waals surface area contributed by atoms with Crippen LogP contribution in [0.25, 0.3) is 0 Å². The van der Waals surface area contributed by atoms with Crippen LogP contribution >= 0.6 is 11.3 Å². The Morgan fingerprint density at radius 3 is 2.79 bits per heavy atom. The highest BCUT2D eigenvalue weighted by molar-refractivity contribution is 7.92. The van der Waals surface area contributed by atoms with Gasteiger partial charge in [0, 0.05) is 31.1 Å². The van der Waals surface area contributed by atoms with E-state index in [0.29, 0.717) is 12.6 Å². The second-order valence-electron chi connectivity index (χ2n) is 5.47. The van der Waals surface area contributed by atoms with Crippen molar-refractivity contribution in [2.75, 3.05) is 29.8 Å². The molecule has 1 aromatic heterocycles. The van der Waals surface area contributed by atoms with Gasteiger partial charge in [-0.3, -0.25) is 4.72 Å². The molecule has 24 heavy (non-hydrogen) atoms. The average molecular weight is 374 g/mol. The van der Waals surface area contributed by atoms with E-state index in [0.717, 1.165) is 19.0 Å². The standard InChI is InChI=1S/C14H16F2N4O2S2/c1-20(9-2-3-17-6-9)12-4-11(16)13(5-10(12)15)24(21,22)19-14-7-23-8-18-14/h4-5,7-9,17,19H,2-3,6H2,1H3. The van der Waals surface area contributed by atoms with Crippen LogP contribution in [0.2, 0.25) is 0 Å². The Morgan fingerprint density at radius 2 is 2.17 bits per heavy atom. The molecular formula is C14H16F2N4O2S2. The van der Waals surface area contributed by atoms with E-state index in [2.05, 4.69) is 15.0 Å². The van der Waals surface area contributed by atoms with E-state index in [9.17, 15) is 17.2 Å². The number of likely N-dealkylation sites (N-methyl/N-ethyl adjacent to an activating group) is 1. The number of aromatic nitrogens is 1. The molecule has 1 aliphatic rings. The monoisotopic (exact) mass is 374 g/mol. The van der Waals surface area contributed by atoms with Gasteiger partial charge >= 0.3 is 0 Å². The molecule has 0 bridgehead atoms. The van der Waals surface area contributed by atoms with Crippen LogP contribution in [0.5, 0.6) is 0 Å². The highest BCUT2D eigenvalue weighted by Gasteiger charge is 2.26. The van der Waals surface area contributed by atoms with Crippen molar-refractivity contribution < 1.29 is 17.2 Å². The maximum Gasteiger partial charge on any atom is 0.266 e. The molecule has 1 atom stereocenters. The topological polar surface area (TPSA) is 74.3 Å². The van der Waals surface area contributed by atoms with Crippen molar-refractivity contribution in [3.05, 3.63) is 34.7 Å². The number of sulfonamides is 1. The van der Waals surface area contributed by atoms with Gasteiger partial charge in [0.1, 0.15) is 16.5 Å². The van der Waals surface area contributed by atoms with Crippen molar-refractivity contribution in [2.45, 2.75) is 17.4 Å². The zero-order valence-corrected chi connectivity index (χ0v) is 14.4. The predicted octanol–water partition coefficient (Wildman–Crippen LogP) is 2.02. The lowest BCUT2D eigenvalue weighted by Crippen LogP contribution is -2.34. The maximum absolute atomic E-state index is 14.4. The number of rotatable bonds is 5. The number of halogens is 2. The van der Waals surface area contributed by atoms with Crippen molar-refractivity contribution in [1.82, 2.24) is 10.3 Å². The van der Waals surface area contributed by atoms with Crippen LogP contribution < -0.4 is 14.9 Å². The molecule has 2 N–H and O–H groups in total. The summed E-state index contributed by atoms with van der Waals surface area (Å²) in [6, 6.07) is 1.66. The smallest absolute Gasteiger partial charge is 0.266 e. The van der Waals surface area contributed by atoms with Gasteiger partial charge in [-0.05, 0) is 19.0 Å². The summed E-state index contributed by atoms with van der Waals surface area (Å²) in [6.07, 6.45) is 0.809. The zero-order chi connectivity index (χ0) is 17.3. The Bertz CT molecular complexity index is 822. The van der Waals surface area contributed by atoms with Crippen LogP contribution in [-0.4, -0.2) is 39.6 Å². The zero-order valence-electron chi connectivity index (χ0n) is 12.8. The minimum Gasteiger partial charge on any atom is -0.368 e. The van der Waals surface area contributed by atoms with Crippen molar-refractivity contribution >= 4 is 32.9 Å². The van der Waals surface area contributed by atoms with E-state index in [4.69, 9.17) is 0 Å². The predicted molar refractivity (Wildman–Crippen MR) is 89.0 cm³/mol. The summed E-state index contributed by atoms with van der Waals surface area (Å²) >= 11 is 1.18. The summed E-state index contributed by atoms with van der Waals surface area (Å²) in [6.45, 7) is 1.48. The number of thiazole rings is 1. The van der Waals surface area contributed by atoms with Crippen molar-refractivity contribution in [2.24, 2.45) is 0 Å². The minimum absolute atomic E-state index is 0.0359. The van der Waals surface area contributed by atoms with Gasteiger partial charge < -0.3 is 10.2 Å². The highest BCUT2D eigenvalue weighted by atomic mass is 32.2.